The van der Waals surface area contributed by atoms with Crippen LogP contribution in [0.3, 0.4) is 0 Å². The third-order valence-corrected chi connectivity index (χ3v) is 12.1. The molecule has 0 aromatic heterocycles. The quantitative estimate of drug-likeness (QED) is 0.0524. The van der Waals surface area contributed by atoms with Crippen LogP contribution < -0.4 is 21.2 Å². The van der Waals surface area contributed by atoms with E-state index in [2.05, 4.69) is 0 Å². The van der Waals surface area contributed by atoms with Crippen LogP contribution in [0.2, 0.25) is 0 Å². The number of hydrogen-bond donors (Lipinski definition) is 0. The summed E-state index contributed by atoms with van der Waals surface area (Å²) in [5.41, 5.74) is 0. The maximum Gasteiger partial charge on any atom is 0.200 e. The summed E-state index contributed by atoms with van der Waals surface area (Å²) < 4.78 is 285. The minimum Gasteiger partial charge on any atom is -0.203 e. The van der Waals surface area contributed by atoms with Crippen molar-refractivity contribution in [3.63, 3.8) is 0 Å². The van der Waals surface area contributed by atoms with Crippen molar-refractivity contribution in [1.82, 2.24) is 0 Å². The van der Waals surface area contributed by atoms with Crippen molar-refractivity contribution in [3.8, 4) is 0 Å². The highest BCUT2D eigenvalue weighted by atomic mass is 31.1. The molecule has 0 saturated carbocycles. The summed E-state index contributed by atoms with van der Waals surface area (Å²) in [7, 11) is -7.88. The summed E-state index contributed by atoms with van der Waals surface area (Å²) in [4.78, 5) is 0. The number of benzene rings is 4. The fourth-order valence-corrected chi connectivity index (χ4v) is 9.63. The molecule has 22 heteroatoms. The van der Waals surface area contributed by atoms with E-state index in [1.165, 1.54) is 0 Å². The van der Waals surface area contributed by atoms with Gasteiger partial charge < -0.3 is 0 Å². The van der Waals surface area contributed by atoms with Gasteiger partial charge in [0, 0.05) is 0 Å². The Bertz CT molecular complexity index is 1650. The molecule has 0 fully saturated rings. The van der Waals surface area contributed by atoms with Gasteiger partial charge in [0.1, 0.15) is 0 Å². The van der Waals surface area contributed by atoms with Crippen LogP contribution >= 0.6 is 15.8 Å². The summed E-state index contributed by atoms with van der Waals surface area (Å²) in [6.07, 6.45) is -5.03. The molecule has 50 heavy (non-hydrogen) atoms. The van der Waals surface area contributed by atoms with Gasteiger partial charge in [0.15, 0.2) is 93.1 Å². The van der Waals surface area contributed by atoms with Gasteiger partial charge in [-0.2, -0.15) is 0 Å². The van der Waals surface area contributed by atoms with E-state index >= 15 is 0 Å². The zero-order chi connectivity index (χ0) is 37.8. The minimum absolute atomic E-state index is 1.10. The number of unbranched alkanes of at least 4 members (excludes halogenated alkanes) is 1. The summed E-state index contributed by atoms with van der Waals surface area (Å²) in [6, 6.07) is 0. The summed E-state index contributed by atoms with van der Waals surface area (Å²) in [6.45, 7) is 0. The van der Waals surface area contributed by atoms with Crippen LogP contribution in [0.4, 0.5) is 87.8 Å². The highest BCUT2D eigenvalue weighted by molar-refractivity contribution is 7.73. The second-order valence-corrected chi connectivity index (χ2v) is 14.1. The second kappa shape index (κ2) is 14.5. The fraction of sp³-hybridized carbons (Fsp3) is 0.143. The van der Waals surface area contributed by atoms with E-state index in [4.69, 9.17) is 0 Å². The molecule has 4 rings (SSSR count). The summed E-state index contributed by atoms with van der Waals surface area (Å²) in [5, 5.41) is -8.49. The highest BCUT2D eigenvalue weighted by Gasteiger charge is 2.39. The molecule has 0 aliphatic heterocycles. The Kier molecular flexibility index (Phi) is 11.4. The van der Waals surface area contributed by atoms with Gasteiger partial charge in [0.05, 0.1) is 21.2 Å². The molecular weight excluding hydrogens is 778 g/mol. The SMILES string of the molecule is Fc1c(F)c(F)c(P(CCCCP(c2c(F)c(F)c(F)c(F)c2F)c2c(F)c(F)c(F)c(F)c2F)c2c(F)c(F)c(F)c(F)c2F)c(F)c1F. The van der Waals surface area contributed by atoms with Gasteiger partial charge in [-0.05, 0) is 41.0 Å². The molecular formula is C28H8F20P2. The molecule has 0 unspecified atom stereocenters. The first-order chi connectivity index (χ1) is 23.2. The number of rotatable bonds is 9. The van der Waals surface area contributed by atoms with E-state index in [1.54, 1.807) is 0 Å². The van der Waals surface area contributed by atoms with Crippen molar-refractivity contribution in [3.05, 3.63) is 116 Å². The first kappa shape index (κ1) is 39.1. The van der Waals surface area contributed by atoms with E-state index in [0.717, 1.165) is 0 Å². The average molecular weight is 786 g/mol. The topological polar surface area (TPSA) is 0 Å². The minimum atomic E-state index is -3.94. The first-order valence-electron chi connectivity index (χ1n) is 12.8. The largest absolute Gasteiger partial charge is 0.203 e. The van der Waals surface area contributed by atoms with E-state index < -0.39 is 179 Å². The third kappa shape index (κ3) is 6.26. The van der Waals surface area contributed by atoms with Gasteiger partial charge >= 0.3 is 0 Å². The van der Waals surface area contributed by atoms with Crippen molar-refractivity contribution in [2.24, 2.45) is 0 Å². The molecule has 0 amide bonds. The normalized spacial score (nSPS) is 11.9. The third-order valence-electron chi connectivity index (χ3n) is 6.84. The molecule has 0 bridgehead atoms. The van der Waals surface area contributed by atoms with Gasteiger partial charge in [-0.15, -0.1) is 0 Å². The molecule has 0 heterocycles. The molecule has 0 atom stereocenters. The van der Waals surface area contributed by atoms with Crippen molar-refractivity contribution < 1.29 is 87.8 Å². The molecule has 0 aliphatic rings. The maximum absolute atomic E-state index is 14.8. The van der Waals surface area contributed by atoms with Crippen molar-refractivity contribution in [2.75, 3.05) is 12.3 Å². The molecule has 4 aromatic carbocycles. The van der Waals surface area contributed by atoms with Gasteiger partial charge in [0.25, 0.3) is 0 Å². The molecule has 0 saturated heterocycles. The molecule has 0 nitrogen and oxygen atoms in total. The van der Waals surface area contributed by atoms with Crippen LogP contribution in [0.5, 0.6) is 0 Å². The Morgan fingerprint density at radius 1 is 0.200 bits per heavy atom. The van der Waals surface area contributed by atoms with Gasteiger partial charge in [0.2, 0.25) is 23.3 Å². The lowest BCUT2D eigenvalue weighted by Gasteiger charge is -2.24. The van der Waals surface area contributed by atoms with Crippen LogP contribution in [0.1, 0.15) is 12.8 Å². The predicted octanol–water partition coefficient (Wildman–Crippen LogP) is 8.81. The predicted molar refractivity (Wildman–Crippen MR) is 136 cm³/mol. The number of halogens is 20. The van der Waals surface area contributed by atoms with Gasteiger partial charge in [-0.1, -0.05) is 0 Å². The highest BCUT2D eigenvalue weighted by Crippen LogP contribution is 2.44. The second-order valence-electron chi connectivity index (χ2n) is 9.68. The van der Waals surface area contributed by atoms with Crippen molar-refractivity contribution >= 4 is 37.1 Å². The van der Waals surface area contributed by atoms with Crippen molar-refractivity contribution in [2.45, 2.75) is 12.8 Å². The molecule has 0 aliphatic carbocycles. The Morgan fingerprint density at radius 2 is 0.320 bits per heavy atom. The monoisotopic (exact) mass is 786 g/mol. The van der Waals surface area contributed by atoms with Crippen LogP contribution in [0.15, 0.2) is 0 Å². The zero-order valence-corrected chi connectivity index (χ0v) is 25.1. The van der Waals surface area contributed by atoms with Crippen LogP contribution in [-0.4, -0.2) is 12.3 Å². The smallest absolute Gasteiger partial charge is 0.200 e. The Morgan fingerprint density at radius 3 is 0.460 bits per heavy atom. The lowest BCUT2D eigenvalue weighted by atomic mass is 10.3. The number of hydrogen-bond acceptors (Lipinski definition) is 0. The molecule has 4 aromatic rings. The lowest BCUT2D eigenvalue weighted by molar-refractivity contribution is 0.382. The Labute approximate surface area is 266 Å². The molecule has 0 radical (unpaired) electrons. The first-order valence-corrected chi connectivity index (χ1v) is 15.9. The van der Waals surface area contributed by atoms with Crippen molar-refractivity contribution in [1.29, 1.82) is 0 Å². The average Bonchev–Trinajstić information content (AvgIpc) is 3.09. The van der Waals surface area contributed by atoms with Gasteiger partial charge in [-0.25, -0.2) is 87.8 Å². The van der Waals surface area contributed by atoms with E-state index in [1.807, 2.05) is 0 Å². The summed E-state index contributed by atoms with van der Waals surface area (Å²) in [5.74, 6) is -55.9. The standard InChI is InChI=1S/C28H8F20P2/c29-5-9(33)17(41)25(18(42)10(5)34)49(26-19(43)11(35)6(30)12(36)20(26)44)3-1-2-4-50(27-21(45)13(37)7(31)14(38)22(27)46)28-23(47)15(39)8(32)16(40)24(28)48/h1-4H2. The fourth-order valence-electron chi connectivity index (χ4n) is 4.53. The maximum atomic E-state index is 14.8. The lowest BCUT2D eigenvalue weighted by Crippen LogP contribution is -2.30. The Hall–Kier alpha value is -3.66. The summed E-state index contributed by atoms with van der Waals surface area (Å²) >= 11 is 0. The molecule has 270 valence electrons. The van der Waals surface area contributed by atoms with Crippen LogP contribution in [0.25, 0.3) is 0 Å². The van der Waals surface area contributed by atoms with Crippen LogP contribution in [0, 0.1) is 116 Å². The van der Waals surface area contributed by atoms with E-state index in [0.29, 0.717) is 0 Å². The van der Waals surface area contributed by atoms with Gasteiger partial charge in [-0.3, -0.25) is 0 Å². The molecule has 0 spiro atoms. The van der Waals surface area contributed by atoms with E-state index in [9.17, 15) is 87.8 Å². The van der Waals surface area contributed by atoms with E-state index in [-0.39, 0.29) is 0 Å². The Balaban J connectivity index is 1.88. The molecule has 0 N–H and O–H groups in total. The zero-order valence-electron chi connectivity index (χ0n) is 23.3. The van der Waals surface area contributed by atoms with Crippen LogP contribution in [-0.2, 0) is 0 Å².